The molecule has 0 atom stereocenters. The smallest absolute Gasteiger partial charge is 0.265 e. The van der Waals surface area contributed by atoms with Gasteiger partial charge in [0.15, 0.2) is 4.84 Å². The Morgan fingerprint density at radius 3 is 2.76 bits per heavy atom. The van der Waals surface area contributed by atoms with E-state index < -0.39 is 4.84 Å². The molecule has 0 radical (unpaired) electrons. The molecule has 6 heteroatoms. The molecule has 90 valence electrons. The second-order valence-corrected chi connectivity index (χ2v) is 6.05. The number of thioether (sulfide) groups is 2. The number of nitrogens with zero attached hydrogens (tertiary/aromatic N) is 1. The Kier molecular flexibility index (Phi) is 4.31. The Labute approximate surface area is 118 Å². The van der Waals surface area contributed by atoms with Crippen LogP contribution in [0.1, 0.15) is 0 Å². The summed E-state index contributed by atoms with van der Waals surface area (Å²) >= 11 is 14.4. The van der Waals surface area contributed by atoms with Gasteiger partial charge in [0, 0.05) is 10.3 Å². The predicted octanol–water partition coefficient (Wildman–Crippen LogP) is 4.09. The third kappa shape index (κ3) is 2.60. The average Bonchev–Trinajstić information content (AvgIpc) is 2.36. The lowest BCUT2D eigenvalue weighted by Gasteiger charge is -2.29. The van der Waals surface area contributed by atoms with Gasteiger partial charge >= 0.3 is 0 Å². The molecule has 1 aromatic carbocycles. The molecule has 0 fully saturated rings. The lowest BCUT2D eigenvalue weighted by atomic mass is 10.3. The molecule has 1 amide bonds. The van der Waals surface area contributed by atoms with Crippen LogP contribution in [0.4, 0.5) is 5.69 Å². The van der Waals surface area contributed by atoms with Gasteiger partial charge in [-0.1, -0.05) is 47.1 Å². The van der Waals surface area contributed by atoms with Gasteiger partial charge in [-0.15, -0.1) is 11.8 Å². The second-order valence-electron chi connectivity index (χ2n) is 3.22. The topological polar surface area (TPSA) is 20.3 Å². The Bertz CT molecular complexity index is 476. The number of hydrogen-bond acceptors (Lipinski definition) is 3. The lowest BCUT2D eigenvalue weighted by Crippen LogP contribution is -2.34. The fourth-order valence-electron chi connectivity index (χ4n) is 1.49. The first-order chi connectivity index (χ1) is 8.15. The van der Waals surface area contributed by atoms with Crippen LogP contribution in [0.25, 0.3) is 0 Å². The van der Waals surface area contributed by atoms with Crippen molar-refractivity contribution in [1.82, 2.24) is 0 Å². The van der Waals surface area contributed by atoms with Gasteiger partial charge in [-0.25, -0.2) is 0 Å². The van der Waals surface area contributed by atoms with Crippen molar-refractivity contribution in [3.63, 3.8) is 0 Å². The molecule has 0 aromatic heterocycles. The SMILES string of the molecule is CSC1=CSc2ccccc2N1C(=O)C(Cl)Cl. The third-order valence-corrected chi connectivity index (χ3v) is 4.41. The van der Waals surface area contributed by atoms with Gasteiger partial charge in [0.2, 0.25) is 0 Å². The van der Waals surface area contributed by atoms with Crippen molar-refractivity contribution in [3.05, 3.63) is 34.7 Å². The molecule has 1 heterocycles. The summed E-state index contributed by atoms with van der Waals surface area (Å²) in [6.07, 6.45) is 1.91. The van der Waals surface area contributed by atoms with E-state index in [-0.39, 0.29) is 5.91 Å². The van der Waals surface area contributed by atoms with Crippen molar-refractivity contribution in [2.75, 3.05) is 11.2 Å². The highest BCUT2D eigenvalue weighted by Crippen LogP contribution is 2.41. The van der Waals surface area contributed by atoms with E-state index in [1.807, 2.05) is 35.9 Å². The number of fused-ring (bicyclic) bond motifs is 1. The van der Waals surface area contributed by atoms with Gasteiger partial charge in [-0.05, 0) is 18.4 Å². The minimum atomic E-state index is -1.05. The Morgan fingerprint density at radius 1 is 1.41 bits per heavy atom. The van der Waals surface area contributed by atoms with Crippen LogP contribution in [0.15, 0.2) is 39.6 Å². The highest BCUT2D eigenvalue weighted by Gasteiger charge is 2.29. The van der Waals surface area contributed by atoms with Crippen molar-refractivity contribution >= 4 is 58.3 Å². The molecule has 0 spiro atoms. The standard InChI is InChI=1S/C11H9Cl2NOS2/c1-16-9-6-17-8-5-3-2-4-7(8)14(9)11(15)10(12)13/h2-6,10H,1H3. The zero-order valence-electron chi connectivity index (χ0n) is 8.89. The molecule has 2 rings (SSSR count). The molecule has 0 unspecified atom stereocenters. The van der Waals surface area contributed by atoms with E-state index in [1.54, 1.807) is 16.7 Å². The van der Waals surface area contributed by atoms with Crippen molar-refractivity contribution in [2.45, 2.75) is 9.73 Å². The fourth-order valence-corrected chi connectivity index (χ4v) is 3.36. The van der Waals surface area contributed by atoms with Crippen molar-refractivity contribution in [3.8, 4) is 0 Å². The molecule has 0 saturated carbocycles. The van der Waals surface area contributed by atoms with Crippen molar-refractivity contribution in [1.29, 1.82) is 0 Å². The summed E-state index contributed by atoms with van der Waals surface area (Å²) in [4.78, 5) is 13.6. The highest BCUT2D eigenvalue weighted by atomic mass is 35.5. The molecule has 17 heavy (non-hydrogen) atoms. The number of amides is 1. The number of benzene rings is 1. The van der Waals surface area contributed by atoms with Gasteiger partial charge in [-0.2, -0.15) is 0 Å². The molecule has 0 aliphatic carbocycles. The van der Waals surface area contributed by atoms with Gasteiger partial charge < -0.3 is 0 Å². The summed E-state index contributed by atoms with van der Waals surface area (Å²) in [6.45, 7) is 0. The molecule has 1 aliphatic rings. The zero-order valence-corrected chi connectivity index (χ0v) is 12.0. The van der Waals surface area contributed by atoms with Crippen molar-refractivity contribution in [2.24, 2.45) is 0 Å². The maximum absolute atomic E-state index is 12.0. The highest BCUT2D eigenvalue weighted by molar-refractivity contribution is 8.06. The van der Waals surface area contributed by atoms with Crippen LogP contribution in [-0.4, -0.2) is 17.0 Å². The number of carbonyl (C=O) groups is 1. The first-order valence-electron chi connectivity index (χ1n) is 4.77. The van der Waals surface area contributed by atoms with Crippen LogP contribution >= 0.6 is 46.7 Å². The summed E-state index contributed by atoms with van der Waals surface area (Å²) in [7, 11) is 0. The summed E-state index contributed by atoms with van der Waals surface area (Å²) in [5.74, 6) is -0.318. The van der Waals surface area contributed by atoms with Crippen LogP contribution in [0.5, 0.6) is 0 Å². The van der Waals surface area contributed by atoms with Crippen LogP contribution in [-0.2, 0) is 4.79 Å². The monoisotopic (exact) mass is 305 g/mol. The first-order valence-corrected chi connectivity index (χ1v) is 7.75. The predicted molar refractivity (Wildman–Crippen MR) is 76.9 cm³/mol. The normalized spacial score (nSPS) is 14.6. The van der Waals surface area contributed by atoms with E-state index in [9.17, 15) is 4.79 Å². The maximum atomic E-state index is 12.0. The molecular formula is C11H9Cl2NOS2. The van der Waals surface area contributed by atoms with E-state index in [0.29, 0.717) is 0 Å². The number of anilines is 1. The maximum Gasteiger partial charge on any atom is 0.265 e. The molecule has 0 saturated heterocycles. The van der Waals surface area contributed by atoms with Crippen LogP contribution in [0.2, 0.25) is 0 Å². The number of para-hydroxylation sites is 1. The van der Waals surface area contributed by atoms with Gasteiger partial charge in [0.05, 0.1) is 10.7 Å². The lowest BCUT2D eigenvalue weighted by molar-refractivity contribution is -0.116. The molecule has 0 bridgehead atoms. The summed E-state index contributed by atoms with van der Waals surface area (Å²) in [5.41, 5.74) is 0.834. The number of rotatable bonds is 2. The first kappa shape index (κ1) is 13.1. The fraction of sp³-hybridized carbons (Fsp3) is 0.182. The minimum Gasteiger partial charge on any atom is -0.271 e. The molecule has 1 aliphatic heterocycles. The molecular weight excluding hydrogens is 297 g/mol. The van der Waals surface area contributed by atoms with Gasteiger partial charge in [0.1, 0.15) is 0 Å². The Hall–Kier alpha value is -0.290. The summed E-state index contributed by atoms with van der Waals surface area (Å²) < 4.78 is 0. The molecule has 0 N–H and O–H groups in total. The van der Waals surface area contributed by atoms with Crippen LogP contribution in [0, 0.1) is 0 Å². The van der Waals surface area contributed by atoms with E-state index in [4.69, 9.17) is 23.2 Å². The number of carbonyl (C=O) groups excluding carboxylic acids is 1. The quantitative estimate of drug-likeness (QED) is 0.768. The molecule has 2 nitrogen and oxygen atoms in total. The van der Waals surface area contributed by atoms with Gasteiger partial charge in [-0.3, -0.25) is 9.69 Å². The van der Waals surface area contributed by atoms with E-state index >= 15 is 0 Å². The Balaban J connectivity index is 2.46. The largest absolute Gasteiger partial charge is 0.271 e. The third-order valence-electron chi connectivity index (χ3n) is 2.23. The zero-order chi connectivity index (χ0) is 12.4. The summed E-state index contributed by atoms with van der Waals surface area (Å²) in [5, 5.41) is 2.77. The van der Waals surface area contributed by atoms with Crippen LogP contribution < -0.4 is 4.90 Å². The number of hydrogen-bond donors (Lipinski definition) is 0. The van der Waals surface area contributed by atoms with Gasteiger partial charge in [0.25, 0.3) is 5.91 Å². The molecule has 1 aromatic rings. The second kappa shape index (κ2) is 5.57. The number of alkyl halides is 2. The van der Waals surface area contributed by atoms with E-state index in [1.165, 1.54) is 11.8 Å². The van der Waals surface area contributed by atoms with Crippen LogP contribution in [0.3, 0.4) is 0 Å². The summed E-state index contributed by atoms with van der Waals surface area (Å²) in [6, 6.07) is 7.68. The van der Waals surface area contributed by atoms with Crippen molar-refractivity contribution < 1.29 is 4.79 Å². The van der Waals surface area contributed by atoms with E-state index in [0.717, 1.165) is 15.6 Å². The average molecular weight is 306 g/mol. The minimum absolute atomic E-state index is 0.318. The Morgan fingerprint density at radius 2 is 2.12 bits per heavy atom. The number of halogens is 2. The van der Waals surface area contributed by atoms with E-state index in [2.05, 4.69) is 0 Å².